The van der Waals surface area contributed by atoms with E-state index in [1.165, 1.54) is 71.9 Å². The van der Waals surface area contributed by atoms with Crippen LogP contribution >= 0.6 is 0 Å². The lowest BCUT2D eigenvalue weighted by molar-refractivity contribution is 0.888. The molecule has 0 N–H and O–H groups in total. The molecule has 0 atom stereocenters. The van der Waals surface area contributed by atoms with E-state index in [9.17, 15) is 0 Å². The average Bonchev–Trinajstić information content (AvgIpc) is 4.01. The Labute approximate surface area is 443 Å². The van der Waals surface area contributed by atoms with Gasteiger partial charge in [0.15, 0.2) is 0 Å². The van der Waals surface area contributed by atoms with Gasteiger partial charge in [0.2, 0.25) is 0 Å². The summed E-state index contributed by atoms with van der Waals surface area (Å²) in [5.74, 6) is 0. The number of hydrogen-bond donors (Lipinski definition) is 0. The molecule has 0 spiro atoms. The summed E-state index contributed by atoms with van der Waals surface area (Å²) in [4.78, 5) is 4.78. The second-order valence-corrected chi connectivity index (χ2v) is 19.7. The highest BCUT2D eigenvalue weighted by atomic mass is 15.1. The molecule has 0 saturated heterocycles. The third-order valence-corrected chi connectivity index (χ3v) is 15.2. The van der Waals surface area contributed by atoms with Crippen LogP contribution in [0.5, 0.6) is 0 Å². The van der Waals surface area contributed by atoms with E-state index in [2.05, 4.69) is 310 Å². The average molecular weight is 973 g/mol. The first-order valence-corrected chi connectivity index (χ1v) is 26.3. The standard InChI is InChI=1S/C72H52N4/c1-5-17-51(18-6-1)53-29-37-59(38-30-53)73(63-45-47-71-67(49-63)65-25-13-15-27-69(65)75(71)57-21-9-3-10-22-57)61-41-33-55(34-42-61)56-35-43-62(44-36-56)74(60-39-31-54(32-40-60)52-19-7-2-8-20-52)64-46-48-72-68(50-64)66-26-14-16-28-70(66)76(72)58-23-11-4-12-24-58/h1-15,17-27,29-50H,16,28H2. The molecular weight excluding hydrogens is 921 g/mol. The van der Waals surface area contributed by atoms with Gasteiger partial charge in [-0.3, -0.25) is 0 Å². The fourth-order valence-corrected chi connectivity index (χ4v) is 11.5. The van der Waals surface area contributed by atoms with Crippen molar-refractivity contribution in [2.75, 3.05) is 9.80 Å². The zero-order valence-electron chi connectivity index (χ0n) is 41.9. The van der Waals surface area contributed by atoms with Gasteiger partial charge < -0.3 is 18.9 Å². The van der Waals surface area contributed by atoms with Crippen LogP contribution in [0.4, 0.5) is 34.1 Å². The first-order valence-electron chi connectivity index (χ1n) is 26.3. The lowest BCUT2D eigenvalue weighted by Crippen LogP contribution is -2.10. The Hall–Kier alpha value is -9.90. The number of para-hydroxylation sites is 3. The van der Waals surface area contributed by atoms with Gasteiger partial charge >= 0.3 is 0 Å². The van der Waals surface area contributed by atoms with Crippen LogP contribution in [0.1, 0.15) is 17.7 Å². The van der Waals surface area contributed by atoms with E-state index in [0.717, 1.165) is 63.8 Å². The number of anilines is 6. The summed E-state index contributed by atoms with van der Waals surface area (Å²) in [6.45, 7) is 0. The van der Waals surface area contributed by atoms with E-state index in [1.54, 1.807) is 0 Å². The minimum absolute atomic E-state index is 1.01. The summed E-state index contributed by atoms with van der Waals surface area (Å²) in [6.07, 6.45) is 6.70. The number of hydrogen-bond acceptors (Lipinski definition) is 2. The van der Waals surface area contributed by atoms with E-state index in [-0.39, 0.29) is 0 Å². The van der Waals surface area contributed by atoms with Crippen molar-refractivity contribution in [1.29, 1.82) is 0 Å². The van der Waals surface area contributed by atoms with Gasteiger partial charge in [-0.2, -0.15) is 0 Å². The molecule has 14 rings (SSSR count). The minimum atomic E-state index is 1.01. The summed E-state index contributed by atoms with van der Waals surface area (Å²) in [5.41, 5.74) is 22.3. The van der Waals surface area contributed by atoms with Crippen LogP contribution in [0.15, 0.2) is 285 Å². The second kappa shape index (κ2) is 19.2. The number of allylic oxidation sites excluding steroid dienone is 1. The van der Waals surface area contributed by atoms with Crippen molar-refractivity contribution >= 4 is 72.9 Å². The molecule has 4 heteroatoms. The molecule has 2 heterocycles. The van der Waals surface area contributed by atoms with Crippen LogP contribution in [0.25, 0.3) is 83.5 Å². The predicted molar refractivity (Wildman–Crippen MR) is 321 cm³/mol. The third-order valence-electron chi connectivity index (χ3n) is 15.2. The molecule has 76 heavy (non-hydrogen) atoms. The van der Waals surface area contributed by atoms with Crippen molar-refractivity contribution in [3.8, 4) is 44.8 Å². The molecule has 360 valence electrons. The van der Waals surface area contributed by atoms with Gasteiger partial charge in [0.1, 0.15) is 0 Å². The van der Waals surface area contributed by atoms with E-state index >= 15 is 0 Å². The Bertz CT molecular complexity index is 4210. The lowest BCUT2D eigenvalue weighted by Gasteiger charge is -2.27. The van der Waals surface area contributed by atoms with Crippen molar-refractivity contribution < 1.29 is 0 Å². The van der Waals surface area contributed by atoms with E-state index < -0.39 is 0 Å². The van der Waals surface area contributed by atoms with E-state index in [0.29, 0.717) is 0 Å². The third kappa shape index (κ3) is 8.05. The van der Waals surface area contributed by atoms with Gasteiger partial charge in [0, 0.05) is 72.9 Å². The molecule has 0 saturated carbocycles. The Kier molecular flexibility index (Phi) is 11.3. The van der Waals surface area contributed by atoms with Crippen molar-refractivity contribution in [3.05, 3.63) is 296 Å². The monoisotopic (exact) mass is 972 g/mol. The molecule has 0 fully saturated rings. The molecule has 0 bridgehead atoms. The quantitative estimate of drug-likeness (QED) is 0.128. The van der Waals surface area contributed by atoms with Crippen molar-refractivity contribution in [2.24, 2.45) is 0 Å². The lowest BCUT2D eigenvalue weighted by atomic mass is 10.0. The van der Waals surface area contributed by atoms with Gasteiger partial charge in [-0.1, -0.05) is 176 Å². The normalized spacial score (nSPS) is 12.1. The van der Waals surface area contributed by atoms with Crippen LogP contribution in [-0.2, 0) is 6.42 Å². The summed E-state index contributed by atoms with van der Waals surface area (Å²) in [5, 5.41) is 3.69. The first-order chi connectivity index (χ1) is 37.7. The SMILES string of the molecule is C1=Cc2c(n(-c3ccccc3)c3ccc(N(c4ccc(-c5ccccc5)cc4)c4ccc(-c5ccc(N(c6ccc(-c7ccccc7)cc6)c6ccc7c(c6)c6ccccc6n7-c6ccccc6)cc5)cc4)cc23)CC1. The molecule has 0 amide bonds. The molecular formula is C72H52N4. The Balaban J connectivity index is 0.839. The van der Waals surface area contributed by atoms with Crippen LogP contribution in [-0.4, -0.2) is 9.13 Å². The zero-order chi connectivity index (χ0) is 50.4. The maximum Gasteiger partial charge on any atom is 0.0542 e. The molecule has 13 aromatic rings. The molecule has 0 aliphatic heterocycles. The number of rotatable bonds is 11. The Morgan fingerprint density at radius 2 is 0.632 bits per heavy atom. The second-order valence-electron chi connectivity index (χ2n) is 19.7. The number of fused-ring (bicyclic) bond motifs is 6. The van der Waals surface area contributed by atoms with Gasteiger partial charge in [-0.25, -0.2) is 0 Å². The molecule has 1 aliphatic rings. The topological polar surface area (TPSA) is 16.3 Å². The number of nitrogens with zero attached hydrogens (tertiary/aromatic N) is 4. The molecule has 0 unspecified atom stereocenters. The fourth-order valence-electron chi connectivity index (χ4n) is 11.5. The van der Waals surface area contributed by atoms with Crippen LogP contribution in [0.2, 0.25) is 0 Å². The molecule has 4 nitrogen and oxygen atoms in total. The first kappa shape index (κ1) is 44.8. The van der Waals surface area contributed by atoms with Crippen LogP contribution in [0.3, 0.4) is 0 Å². The predicted octanol–water partition coefficient (Wildman–Crippen LogP) is 19.6. The highest BCUT2D eigenvalue weighted by Gasteiger charge is 2.22. The Morgan fingerprint density at radius 1 is 0.276 bits per heavy atom. The van der Waals surface area contributed by atoms with Gasteiger partial charge in [0.25, 0.3) is 0 Å². The fraction of sp³-hybridized carbons (Fsp3) is 0.0278. The summed E-state index contributed by atoms with van der Waals surface area (Å²) < 4.78 is 4.84. The minimum Gasteiger partial charge on any atom is -0.313 e. The van der Waals surface area contributed by atoms with Crippen molar-refractivity contribution in [2.45, 2.75) is 12.8 Å². The largest absolute Gasteiger partial charge is 0.313 e. The number of benzene rings is 11. The van der Waals surface area contributed by atoms with Crippen molar-refractivity contribution in [1.82, 2.24) is 9.13 Å². The van der Waals surface area contributed by atoms with E-state index in [1.807, 2.05) is 0 Å². The van der Waals surface area contributed by atoms with Gasteiger partial charge in [0.05, 0.1) is 16.6 Å². The van der Waals surface area contributed by atoms with E-state index in [4.69, 9.17) is 0 Å². The smallest absolute Gasteiger partial charge is 0.0542 e. The van der Waals surface area contributed by atoms with Gasteiger partial charge in [-0.15, -0.1) is 0 Å². The molecule has 0 radical (unpaired) electrons. The summed E-state index contributed by atoms with van der Waals surface area (Å²) >= 11 is 0. The molecule has 1 aliphatic carbocycles. The summed E-state index contributed by atoms with van der Waals surface area (Å²) in [6, 6.07) is 101. The molecule has 2 aromatic heterocycles. The molecule has 11 aromatic carbocycles. The highest BCUT2D eigenvalue weighted by Crippen LogP contribution is 2.44. The zero-order valence-corrected chi connectivity index (χ0v) is 41.9. The maximum atomic E-state index is 2.46. The van der Waals surface area contributed by atoms with Crippen molar-refractivity contribution in [3.63, 3.8) is 0 Å². The van der Waals surface area contributed by atoms with Crippen LogP contribution in [0, 0.1) is 0 Å². The number of aromatic nitrogens is 2. The van der Waals surface area contributed by atoms with Gasteiger partial charge in [-0.05, 0) is 161 Å². The maximum absolute atomic E-state index is 2.46. The van der Waals surface area contributed by atoms with Crippen LogP contribution < -0.4 is 9.80 Å². The Morgan fingerprint density at radius 3 is 1.11 bits per heavy atom. The highest BCUT2D eigenvalue weighted by molar-refractivity contribution is 6.11. The summed E-state index contributed by atoms with van der Waals surface area (Å²) in [7, 11) is 0.